The standard InChI is InChI=1S/C14H16FNO3/c1-14(7-2-3-8-14)19-16-12(13(17)18)10-5-4-6-11(15)9-10/h4-6,9H,2-3,7-8H2,1H3,(H,17,18). The van der Waals surface area contributed by atoms with Crippen molar-refractivity contribution in [1.82, 2.24) is 0 Å². The molecule has 1 aromatic carbocycles. The number of halogens is 1. The molecule has 0 spiro atoms. The monoisotopic (exact) mass is 265 g/mol. The van der Waals surface area contributed by atoms with Gasteiger partial charge in [-0.05, 0) is 44.7 Å². The maximum Gasteiger partial charge on any atom is 0.358 e. The SMILES string of the molecule is CC1(ON=C(C(=O)O)c2cccc(F)c2)CCCC1. The summed E-state index contributed by atoms with van der Waals surface area (Å²) < 4.78 is 13.1. The molecule has 0 aromatic heterocycles. The molecule has 0 amide bonds. The molecule has 102 valence electrons. The number of benzene rings is 1. The second-order valence-corrected chi connectivity index (χ2v) is 5.00. The van der Waals surface area contributed by atoms with Crippen LogP contribution in [0.5, 0.6) is 0 Å². The van der Waals surface area contributed by atoms with Crippen molar-refractivity contribution in [2.75, 3.05) is 0 Å². The van der Waals surface area contributed by atoms with Crippen molar-refractivity contribution in [3.05, 3.63) is 35.6 Å². The lowest BCUT2D eigenvalue weighted by atomic mass is 10.1. The Morgan fingerprint density at radius 3 is 2.68 bits per heavy atom. The van der Waals surface area contributed by atoms with Gasteiger partial charge < -0.3 is 9.94 Å². The number of carbonyl (C=O) groups is 1. The Balaban J connectivity index is 2.23. The zero-order chi connectivity index (χ0) is 13.9. The number of nitrogens with zero attached hydrogens (tertiary/aromatic N) is 1. The highest BCUT2D eigenvalue weighted by molar-refractivity contribution is 6.42. The molecule has 1 aromatic rings. The highest BCUT2D eigenvalue weighted by Crippen LogP contribution is 2.32. The van der Waals surface area contributed by atoms with Crippen molar-refractivity contribution in [2.24, 2.45) is 5.16 Å². The molecule has 1 aliphatic rings. The molecular weight excluding hydrogens is 249 g/mol. The third kappa shape index (κ3) is 3.30. The molecule has 0 saturated heterocycles. The number of carboxylic acids is 1. The third-order valence-corrected chi connectivity index (χ3v) is 3.32. The van der Waals surface area contributed by atoms with Crippen LogP contribution in [0.1, 0.15) is 38.2 Å². The summed E-state index contributed by atoms with van der Waals surface area (Å²) in [5.41, 5.74) is -0.477. The van der Waals surface area contributed by atoms with Crippen LogP contribution in [0.15, 0.2) is 29.4 Å². The summed E-state index contributed by atoms with van der Waals surface area (Å²) in [6.45, 7) is 1.91. The van der Waals surface area contributed by atoms with E-state index in [2.05, 4.69) is 5.16 Å². The lowest BCUT2D eigenvalue weighted by Gasteiger charge is -2.20. The maximum atomic E-state index is 13.1. The Labute approximate surface area is 110 Å². The minimum atomic E-state index is -1.23. The molecule has 0 radical (unpaired) electrons. The number of carboxylic acid groups (broad SMARTS) is 1. The summed E-state index contributed by atoms with van der Waals surface area (Å²) in [5.74, 6) is -1.73. The van der Waals surface area contributed by atoms with E-state index in [4.69, 9.17) is 9.94 Å². The molecule has 0 bridgehead atoms. The largest absolute Gasteiger partial charge is 0.476 e. The van der Waals surface area contributed by atoms with E-state index in [0.29, 0.717) is 0 Å². The molecule has 0 heterocycles. The van der Waals surface area contributed by atoms with E-state index in [1.165, 1.54) is 18.2 Å². The summed E-state index contributed by atoms with van der Waals surface area (Å²) in [7, 11) is 0. The smallest absolute Gasteiger partial charge is 0.358 e. The normalized spacial score (nSPS) is 18.3. The van der Waals surface area contributed by atoms with Crippen LogP contribution in [0.2, 0.25) is 0 Å². The van der Waals surface area contributed by atoms with Crippen molar-refractivity contribution in [3.63, 3.8) is 0 Å². The van der Waals surface area contributed by atoms with Gasteiger partial charge in [-0.1, -0.05) is 17.3 Å². The van der Waals surface area contributed by atoms with E-state index in [-0.39, 0.29) is 11.3 Å². The van der Waals surface area contributed by atoms with Crippen LogP contribution in [0, 0.1) is 5.82 Å². The van der Waals surface area contributed by atoms with Crippen molar-refractivity contribution in [1.29, 1.82) is 0 Å². The Kier molecular flexibility index (Phi) is 3.83. The topological polar surface area (TPSA) is 58.9 Å². The third-order valence-electron chi connectivity index (χ3n) is 3.32. The Morgan fingerprint density at radius 2 is 2.11 bits per heavy atom. The molecule has 1 saturated carbocycles. The van der Waals surface area contributed by atoms with E-state index in [1.807, 2.05) is 6.92 Å². The fourth-order valence-electron chi connectivity index (χ4n) is 2.22. The van der Waals surface area contributed by atoms with Crippen LogP contribution in [0.3, 0.4) is 0 Å². The van der Waals surface area contributed by atoms with E-state index < -0.39 is 17.4 Å². The summed E-state index contributed by atoms with van der Waals surface area (Å²) >= 11 is 0. The summed E-state index contributed by atoms with van der Waals surface area (Å²) in [6.07, 6.45) is 3.81. The summed E-state index contributed by atoms with van der Waals surface area (Å²) in [5, 5.41) is 12.9. The van der Waals surface area contributed by atoms with E-state index >= 15 is 0 Å². The van der Waals surface area contributed by atoms with Crippen molar-refractivity contribution in [2.45, 2.75) is 38.2 Å². The van der Waals surface area contributed by atoms with E-state index in [9.17, 15) is 9.18 Å². The van der Waals surface area contributed by atoms with Gasteiger partial charge in [0.05, 0.1) is 0 Å². The predicted molar refractivity (Wildman–Crippen MR) is 68.5 cm³/mol. The molecule has 1 aliphatic carbocycles. The molecule has 4 nitrogen and oxygen atoms in total. The summed E-state index contributed by atoms with van der Waals surface area (Å²) in [6, 6.07) is 5.33. The number of oxime groups is 1. The van der Waals surface area contributed by atoms with Gasteiger partial charge in [0, 0.05) is 5.56 Å². The molecule has 5 heteroatoms. The molecule has 19 heavy (non-hydrogen) atoms. The van der Waals surface area contributed by atoms with Crippen molar-refractivity contribution < 1.29 is 19.1 Å². The number of hydrogen-bond donors (Lipinski definition) is 1. The fraction of sp³-hybridized carbons (Fsp3) is 0.429. The molecular formula is C14H16FNO3. The minimum Gasteiger partial charge on any atom is -0.476 e. The quantitative estimate of drug-likeness (QED) is 0.672. The van der Waals surface area contributed by atoms with Gasteiger partial charge in [0.25, 0.3) is 0 Å². The zero-order valence-electron chi connectivity index (χ0n) is 10.7. The van der Waals surface area contributed by atoms with Gasteiger partial charge in [-0.25, -0.2) is 9.18 Å². The van der Waals surface area contributed by atoms with Gasteiger partial charge in [0.15, 0.2) is 5.71 Å². The lowest BCUT2D eigenvalue weighted by Crippen LogP contribution is -2.24. The molecule has 0 atom stereocenters. The Bertz CT molecular complexity index is 507. The van der Waals surface area contributed by atoms with Gasteiger partial charge in [0.2, 0.25) is 0 Å². The van der Waals surface area contributed by atoms with Gasteiger partial charge in [-0.3, -0.25) is 0 Å². The molecule has 1 fully saturated rings. The molecule has 1 N–H and O–H groups in total. The first-order chi connectivity index (χ1) is 9.00. The molecule has 2 rings (SSSR count). The first kappa shape index (κ1) is 13.5. The lowest BCUT2D eigenvalue weighted by molar-refractivity contribution is -0.129. The van der Waals surface area contributed by atoms with Crippen LogP contribution in [0.25, 0.3) is 0 Å². The van der Waals surface area contributed by atoms with Crippen molar-refractivity contribution >= 4 is 11.7 Å². The minimum absolute atomic E-state index is 0.203. The molecule has 0 unspecified atom stereocenters. The number of aliphatic carboxylic acids is 1. The Hall–Kier alpha value is -1.91. The second kappa shape index (κ2) is 5.38. The van der Waals surface area contributed by atoms with Crippen molar-refractivity contribution in [3.8, 4) is 0 Å². The van der Waals surface area contributed by atoms with E-state index in [0.717, 1.165) is 31.7 Å². The maximum absolute atomic E-state index is 13.1. The first-order valence-corrected chi connectivity index (χ1v) is 6.26. The van der Waals surface area contributed by atoms with Gasteiger partial charge in [-0.15, -0.1) is 0 Å². The van der Waals surface area contributed by atoms with Gasteiger partial charge >= 0.3 is 5.97 Å². The fourth-order valence-corrected chi connectivity index (χ4v) is 2.22. The predicted octanol–water partition coefficient (Wildman–Crippen LogP) is 2.96. The average molecular weight is 265 g/mol. The van der Waals surface area contributed by atoms with Crippen LogP contribution in [-0.2, 0) is 9.63 Å². The van der Waals surface area contributed by atoms with Crippen LogP contribution in [0.4, 0.5) is 4.39 Å². The van der Waals surface area contributed by atoms with Crippen LogP contribution < -0.4 is 0 Å². The number of hydrogen-bond acceptors (Lipinski definition) is 3. The highest BCUT2D eigenvalue weighted by Gasteiger charge is 2.31. The summed E-state index contributed by atoms with van der Waals surface area (Å²) in [4.78, 5) is 16.6. The first-order valence-electron chi connectivity index (χ1n) is 6.26. The van der Waals surface area contributed by atoms with Gasteiger partial charge in [-0.2, -0.15) is 0 Å². The van der Waals surface area contributed by atoms with Crippen LogP contribution in [-0.4, -0.2) is 22.4 Å². The highest BCUT2D eigenvalue weighted by atomic mass is 19.1. The average Bonchev–Trinajstić information content (AvgIpc) is 2.76. The Morgan fingerprint density at radius 1 is 1.42 bits per heavy atom. The van der Waals surface area contributed by atoms with E-state index in [1.54, 1.807) is 0 Å². The molecule has 0 aliphatic heterocycles. The van der Waals surface area contributed by atoms with Crippen LogP contribution >= 0.6 is 0 Å². The van der Waals surface area contributed by atoms with Gasteiger partial charge in [0.1, 0.15) is 11.4 Å². The zero-order valence-corrected chi connectivity index (χ0v) is 10.7. The second-order valence-electron chi connectivity index (χ2n) is 5.00. The number of rotatable bonds is 4.